The molecule has 0 aromatic heterocycles. The van der Waals surface area contributed by atoms with Crippen LogP contribution < -0.4 is 5.32 Å². The molecule has 3 saturated heterocycles. The third-order valence-electron chi connectivity index (χ3n) is 6.31. The van der Waals surface area contributed by atoms with Crippen LogP contribution in [0.15, 0.2) is 35.7 Å². The highest BCUT2D eigenvalue weighted by Gasteiger charge is 2.64. The van der Waals surface area contributed by atoms with E-state index in [9.17, 15) is 4.57 Å². The highest BCUT2D eigenvalue weighted by atomic mass is 32.2. The zero-order valence-corrected chi connectivity index (χ0v) is 20.9. The van der Waals surface area contributed by atoms with Gasteiger partial charge in [-0.25, -0.2) is 0 Å². The molecule has 0 amide bonds. The van der Waals surface area contributed by atoms with Crippen LogP contribution in [-0.4, -0.2) is 53.4 Å². The zero-order chi connectivity index (χ0) is 22.7. The lowest BCUT2D eigenvalue weighted by molar-refractivity contribution is -0.174. The second-order valence-electron chi connectivity index (χ2n) is 9.80. The van der Waals surface area contributed by atoms with Crippen LogP contribution in [0.1, 0.15) is 39.7 Å². The lowest BCUT2D eigenvalue weighted by atomic mass is 10.0. The number of aryl methyl sites for hydroxylation is 1. The SMILES string of the molecule is Cc1ccc(N[C@H]2[C@H]3OC(C)(C)O[C@H]3[C@@H]([C@H]3COC(C)(C)O3)OP2(=O)C2CC=CS2)cc1. The second-order valence-corrected chi connectivity index (χ2v) is 13.9. The van der Waals surface area contributed by atoms with Crippen molar-refractivity contribution in [3.05, 3.63) is 41.3 Å². The van der Waals surface area contributed by atoms with E-state index in [4.69, 9.17) is 23.5 Å². The highest BCUT2D eigenvalue weighted by molar-refractivity contribution is 8.08. The summed E-state index contributed by atoms with van der Waals surface area (Å²) in [6.07, 6.45) is 0.919. The van der Waals surface area contributed by atoms with Crippen molar-refractivity contribution in [3.63, 3.8) is 0 Å². The molecule has 0 saturated carbocycles. The van der Waals surface area contributed by atoms with Crippen molar-refractivity contribution >= 4 is 24.8 Å². The summed E-state index contributed by atoms with van der Waals surface area (Å²) in [6, 6.07) is 8.06. The number of hydrogen-bond acceptors (Lipinski definition) is 8. The van der Waals surface area contributed by atoms with E-state index in [1.807, 2.05) is 64.3 Å². The number of rotatable bonds is 4. The van der Waals surface area contributed by atoms with Crippen LogP contribution in [-0.2, 0) is 28.0 Å². The van der Waals surface area contributed by atoms with Gasteiger partial charge in [-0.1, -0.05) is 23.8 Å². The summed E-state index contributed by atoms with van der Waals surface area (Å²) >= 11 is 1.57. The molecule has 4 heterocycles. The van der Waals surface area contributed by atoms with Gasteiger partial charge in [0.25, 0.3) is 0 Å². The minimum atomic E-state index is -3.28. The van der Waals surface area contributed by atoms with Gasteiger partial charge in [-0.3, -0.25) is 4.57 Å². The van der Waals surface area contributed by atoms with Gasteiger partial charge in [0.05, 0.1) is 11.6 Å². The van der Waals surface area contributed by atoms with Crippen molar-refractivity contribution in [2.24, 2.45) is 0 Å². The van der Waals surface area contributed by atoms with E-state index in [0.29, 0.717) is 13.0 Å². The Hall–Kier alpha value is -0.860. The van der Waals surface area contributed by atoms with E-state index < -0.39 is 43.0 Å². The molecular formula is C23H32NO6PS. The number of allylic oxidation sites excluding steroid dienone is 1. The minimum absolute atomic E-state index is 0.184. The third-order valence-corrected chi connectivity index (χ3v) is 11.2. The van der Waals surface area contributed by atoms with Gasteiger partial charge < -0.3 is 28.8 Å². The summed E-state index contributed by atoms with van der Waals surface area (Å²) in [5, 5.41) is 5.51. The Morgan fingerprint density at radius 3 is 2.34 bits per heavy atom. The number of nitrogens with one attached hydrogen (secondary N) is 1. The average Bonchev–Trinajstić information content (AvgIpc) is 3.44. The number of ether oxygens (including phenoxy) is 4. The van der Waals surface area contributed by atoms with Crippen LogP contribution in [0.2, 0.25) is 0 Å². The molecule has 1 aromatic rings. The van der Waals surface area contributed by atoms with Crippen molar-refractivity contribution in [2.75, 3.05) is 11.9 Å². The van der Waals surface area contributed by atoms with Gasteiger partial charge in [0.2, 0.25) is 7.37 Å². The molecule has 0 aliphatic carbocycles. The molecule has 0 radical (unpaired) electrons. The third kappa shape index (κ3) is 4.20. The van der Waals surface area contributed by atoms with Gasteiger partial charge in [-0.15, -0.1) is 11.8 Å². The Morgan fingerprint density at radius 2 is 1.72 bits per heavy atom. The first-order chi connectivity index (χ1) is 15.1. The summed E-state index contributed by atoms with van der Waals surface area (Å²) in [5.41, 5.74) is 2.04. The fraction of sp³-hybridized carbons (Fsp3) is 0.652. The molecule has 3 fully saturated rings. The van der Waals surface area contributed by atoms with Crippen molar-refractivity contribution in [2.45, 2.75) is 87.8 Å². The average molecular weight is 482 g/mol. The molecule has 5 rings (SSSR count). The van der Waals surface area contributed by atoms with Crippen molar-refractivity contribution in [3.8, 4) is 0 Å². The van der Waals surface area contributed by atoms with Gasteiger partial charge in [-0.2, -0.15) is 0 Å². The first-order valence-corrected chi connectivity index (χ1v) is 13.9. The Balaban J connectivity index is 1.52. The van der Waals surface area contributed by atoms with Crippen LogP contribution in [0.5, 0.6) is 0 Å². The number of thioether (sulfide) groups is 1. The molecule has 4 aliphatic rings. The van der Waals surface area contributed by atoms with Crippen LogP contribution in [0.3, 0.4) is 0 Å². The molecule has 7 atom stereocenters. The largest absolute Gasteiger partial charge is 0.371 e. The molecule has 32 heavy (non-hydrogen) atoms. The summed E-state index contributed by atoms with van der Waals surface area (Å²) in [6.45, 7) is 9.93. The molecule has 176 valence electrons. The second kappa shape index (κ2) is 8.12. The van der Waals surface area contributed by atoms with E-state index in [2.05, 4.69) is 11.4 Å². The lowest BCUT2D eigenvalue weighted by Crippen LogP contribution is -2.56. The Morgan fingerprint density at radius 1 is 1.00 bits per heavy atom. The number of benzene rings is 1. The van der Waals surface area contributed by atoms with Gasteiger partial charge in [0.15, 0.2) is 11.6 Å². The monoisotopic (exact) mass is 481 g/mol. The molecule has 4 aliphatic heterocycles. The van der Waals surface area contributed by atoms with E-state index >= 15 is 0 Å². The summed E-state index contributed by atoms with van der Waals surface area (Å²) in [5.74, 6) is -2.08. The maximum atomic E-state index is 14.7. The quantitative estimate of drug-likeness (QED) is 0.599. The van der Waals surface area contributed by atoms with Crippen LogP contribution in [0, 0.1) is 6.92 Å². The zero-order valence-electron chi connectivity index (χ0n) is 19.1. The molecule has 2 unspecified atom stereocenters. The normalized spacial score (nSPS) is 42.2. The van der Waals surface area contributed by atoms with E-state index in [1.54, 1.807) is 11.8 Å². The molecule has 1 aromatic carbocycles. The van der Waals surface area contributed by atoms with Gasteiger partial charge in [-0.05, 0) is 58.6 Å². The van der Waals surface area contributed by atoms with Gasteiger partial charge in [0.1, 0.15) is 30.2 Å². The van der Waals surface area contributed by atoms with E-state index in [-0.39, 0.29) is 11.1 Å². The Labute approximate surface area is 194 Å². The molecular weight excluding hydrogens is 449 g/mol. The van der Waals surface area contributed by atoms with Crippen LogP contribution >= 0.6 is 19.1 Å². The van der Waals surface area contributed by atoms with Crippen LogP contribution in [0.4, 0.5) is 5.69 Å². The van der Waals surface area contributed by atoms with E-state index in [1.165, 1.54) is 0 Å². The molecule has 9 heteroatoms. The first kappa shape index (κ1) is 22.9. The van der Waals surface area contributed by atoms with Crippen LogP contribution in [0.25, 0.3) is 0 Å². The van der Waals surface area contributed by atoms with Crippen molar-refractivity contribution in [1.29, 1.82) is 0 Å². The smallest absolute Gasteiger partial charge is 0.241 e. The molecule has 7 nitrogen and oxygen atoms in total. The lowest BCUT2D eigenvalue weighted by Gasteiger charge is -2.45. The van der Waals surface area contributed by atoms with Crippen molar-refractivity contribution < 1.29 is 28.0 Å². The van der Waals surface area contributed by atoms with E-state index in [0.717, 1.165) is 11.3 Å². The minimum Gasteiger partial charge on any atom is -0.371 e. The molecule has 0 bridgehead atoms. The van der Waals surface area contributed by atoms with Gasteiger partial charge in [0, 0.05) is 5.69 Å². The number of hydrogen-bond donors (Lipinski definition) is 1. The maximum absolute atomic E-state index is 14.7. The summed E-state index contributed by atoms with van der Waals surface area (Å²) < 4.78 is 46.0. The van der Waals surface area contributed by atoms with Crippen molar-refractivity contribution in [1.82, 2.24) is 0 Å². The standard InChI is InChI=1S/C23H32NO6PS/c1-14-8-10-15(11-9-14)24-21-20-19(28-23(4,5)29-20)18(16-13-26-22(2,3)27-16)30-31(21,25)17-7-6-12-32-17/h6,8-12,16-21,24H,7,13H2,1-5H3/t16-,17?,18-,19+,20+,21-,31?/m1/s1. The number of fused-ring (bicyclic) bond motifs is 1. The molecule has 0 spiro atoms. The predicted octanol–water partition coefficient (Wildman–Crippen LogP) is 5.06. The predicted molar refractivity (Wildman–Crippen MR) is 125 cm³/mol. The first-order valence-electron chi connectivity index (χ1n) is 11.2. The fourth-order valence-electron chi connectivity index (χ4n) is 4.84. The Kier molecular flexibility index (Phi) is 5.81. The topological polar surface area (TPSA) is 75.2 Å². The molecule has 1 N–H and O–H groups in total. The fourth-order valence-corrected chi connectivity index (χ4v) is 9.54. The summed E-state index contributed by atoms with van der Waals surface area (Å²) in [7, 11) is -3.28. The van der Waals surface area contributed by atoms with Gasteiger partial charge >= 0.3 is 0 Å². The highest BCUT2D eigenvalue weighted by Crippen LogP contribution is 2.68. The maximum Gasteiger partial charge on any atom is 0.241 e. The summed E-state index contributed by atoms with van der Waals surface area (Å²) in [4.78, 5) is -0.184. The number of anilines is 1. The Bertz CT molecular complexity index is 927.